The first-order valence-corrected chi connectivity index (χ1v) is 9.64. The van der Waals surface area contributed by atoms with Crippen molar-refractivity contribution in [2.24, 2.45) is 0 Å². The Hall–Kier alpha value is -3.21. The molecule has 0 bridgehead atoms. The highest BCUT2D eigenvalue weighted by Crippen LogP contribution is 2.29. The van der Waals surface area contributed by atoms with Crippen LogP contribution in [0.5, 0.6) is 0 Å². The molecule has 0 radical (unpaired) electrons. The minimum atomic E-state index is -0.300. The van der Waals surface area contributed by atoms with Crippen LogP contribution in [-0.4, -0.2) is 51.7 Å². The third kappa shape index (κ3) is 3.24. The molecule has 8 nitrogen and oxygen atoms in total. The number of hydrogen-bond acceptors (Lipinski definition) is 5. The van der Waals surface area contributed by atoms with E-state index in [1.165, 1.54) is 0 Å². The summed E-state index contributed by atoms with van der Waals surface area (Å²) in [5.41, 5.74) is 3.11. The molecule has 1 aromatic carbocycles. The number of imidazole rings is 1. The highest BCUT2D eigenvalue weighted by Gasteiger charge is 2.28. The van der Waals surface area contributed by atoms with Crippen LogP contribution in [0.1, 0.15) is 37.8 Å². The lowest BCUT2D eigenvalue weighted by atomic mass is 10.0. The van der Waals surface area contributed by atoms with Crippen LogP contribution in [0, 0.1) is 11.3 Å². The summed E-state index contributed by atoms with van der Waals surface area (Å²) in [6, 6.07) is 7.51. The van der Waals surface area contributed by atoms with E-state index in [0.29, 0.717) is 18.7 Å². The zero-order valence-electron chi connectivity index (χ0n) is 15.9. The SMILES string of the molecule is CCOC(=O)N1C=C(N2CCC(n3c(=O)[nH]c4ccc(C#N)cc43)CC2)CC1. The van der Waals surface area contributed by atoms with Crippen molar-refractivity contribution in [3.05, 3.63) is 46.1 Å². The number of carbonyl (C=O) groups excluding carboxylic acids is 1. The van der Waals surface area contributed by atoms with Gasteiger partial charge in [-0.3, -0.25) is 9.47 Å². The molecule has 4 rings (SSSR count). The lowest BCUT2D eigenvalue weighted by Crippen LogP contribution is -2.36. The molecule has 28 heavy (non-hydrogen) atoms. The molecule has 1 aromatic heterocycles. The Bertz CT molecular complexity index is 1020. The second-order valence-electron chi connectivity index (χ2n) is 7.12. The fraction of sp³-hybridized carbons (Fsp3) is 0.450. The number of nitriles is 1. The van der Waals surface area contributed by atoms with Gasteiger partial charge >= 0.3 is 11.8 Å². The molecule has 0 aliphatic carbocycles. The molecule has 2 aliphatic rings. The Morgan fingerprint density at radius 1 is 1.32 bits per heavy atom. The molecule has 2 aliphatic heterocycles. The number of fused-ring (bicyclic) bond motifs is 1. The highest BCUT2D eigenvalue weighted by atomic mass is 16.6. The minimum Gasteiger partial charge on any atom is -0.449 e. The zero-order valence-corrected chi connectivity index (χ0v) is 15.9. The normalized spacial score (nSPS) is 17.6. The fourth-order valence-electron chi connectivity index (χ4n) is 4.10. The molecule has 0 atom stereocenters. The molecule has 0 unspecified atom stereocenters. The summed E-state index contributed by atoms with van der Waals surface area (Å²) in [5.74, 6) is 0. The Morgan fingerprint density at radius 2 is 2.11 bits per heavy atom. The van der Waals surface area contributed by atoms with Crippen molar-refractivity contribution in [1.82, 2.24) is 19.4 Å². The topological polar surface area (TPSA) is 94.4 Å². The quantitative estimate of drug-likeness (QED) is 0.882. The third-order valence-corrected chi connectivity index (χ3v) is 5.50. The predicted molar refractivity (Wildman–Crippen MR) is 104 cm³/mol. The minimum absolute atomic E-state index is 0.0922. The van der Waals surface area contributed by atoms with Crippen LogP contribution < -0.4 is 5.69 Å². The molecule has 1 N–H and O–H groups in total. The summed E-state index contributed by atoms with van der Waals surface area (Å²) in [4.78, 5) is 31.2. The van der Waals surface area contributed by atoms with Gasteiger partial charge in [0, 0.05) is 44.0 Å². The number of ether oxygens (including phenoxy) is 1. The Morgan fingerprint density at radius 3 is 2.82 bits per heavy atom. The predicted octanol–water partition coefficient (Wildman–Crippen LogP) is 2.54. The monoisotopic (exact) mass is 381 g/mol. The van der Waals surface area contributed by atoms with Crippen LogP contribution in [-0.2, 0) is 4.74 Å². The zero-order chi connectivity index (χ0) is 19.7. The van der Waals surface area contributed by atoms with Crippen LogP contribution in [0.25, 0.3) is 11.0 Å². The number of benzene rings is 1. The van der Waals surface area contributed by atoms with Crippen molar-refractivity contribution in [2.75, 3.05) is 26.2 Å². The van der Waals surface area contributed by atoms with Gasteiger partial charge in [-0.2, -0.15) is 5.26 Å². The van der Waals surface area contributed by atoms with Gasteiger partial charge in [0.1, 0.15) is 0 Å². The van der Waals surface area contributed by atoms with Gasteiger partial charge in [-0.25, -0.2) is 9.59 Å². The molecule has 1 amide bonds. The third-order valence-electron chi connectivity index (χ3n) is 5.50. The van der Waals surface area contributed by atoms with Gasteiger partial charge < -0.3 is 14.6 Å². The number of likely N-dealkylation sites (tertiary alicyclic amines) is 1. The maximum absolute atomic E-state index is 12.5. The average molecular weight is 381 g/mol. The number of hydrogen-bond donors (Lipinski definition) is 1. The summed E-state index contributed by atoms with van der Waals surface area (Å²) in [6.45, 7) is 4.47. The standard InChI is InChI=1S/C20H23N5O3/c1-2-28-20(27)24-10-7-16(13-24)23-8-5-15(6-9-23)25-18-11-14(12-21)3-4-17(18)22-19(25)26/h3-4,11,13,15H,2,5-10H2,1H3,(H,22,26). The van der Waals surface area contributed by atoms with Crippen LogP contribution >= 0.6 is 0 Å². The number of nitrogens with zero attached hydrogens (tertiary/aromatic N) is 4. The maximum atomic E-state index is 12.5. The molecular weight excluding hydrogens is 358 g/mol. The van der Waals surface area contributed by atoms with Gasteiger partial charge in [-0.05, 0) is 38.0 Å². The summed E-state index contributed by atoms with van der Waals surface area (Å²) >= 11 is 0. The van der Waals surface area contributed by atoms with E-state index in [2.05, 4.69) is 16.0 Å². The van der Waals surface area contributed by atoms with Crippen molar-refractivity contribution < 1.29 is 9.53 Å². The number of rotatable bonds is 3. The van der Waals surface area contributed by atoms with Crippen molar-refractivity contribution >= 4 is 17.1 Å². The molecule has 1 saturated heterocycles. The van der Waals surface area contributed by atoms with Crippen molar-refractivity contribution in [1.29, 1.82) is 5.26 Å². The van der Waals surface area contributed by atoms with Gasteiger partial charge in [0.25, 0.3) is 0 Å². The molecule has 0 saturated carbocycles. The van der Waals surface area contributed by atoms with E-state index in [1.54, 1.807) is 34.6 Å². The van der Waals surface area contributed by atoms with Gasteiger partial charge in [0.15, 0.2) is 0 Å². The fourth-order valence-corrected chi connectivity index (χ4v) is 4.10. The Labute approximate surface area is 162 Å². The molecular formula is C20H23N5O3. The number of H-pyrrole nitrogens is 1. The number of carbonyl (C=O) groups is 1. The van der Waals surface area contributed by atoms with Crippen LogP contribution in [0.4, 0.5) is 4.79 Å². The van der Waals surface area contributed by atoms with E-state index in [9.17, 15) is 9.59 Å². The average Bonchev–Trinajstić information content (AvgIpc) is 3.32. The van der Waals surface area contributed by atoms with E-state index in [0.717, 1.165) is 49.1 Å². The first kappa shape index (κ1) is 18.2. The Kier molecular flexibility index (Phi) is 4.82. The van der Waals surface area contributed by atoms with Gasteiger partial charge in [0.05, 0.1) is 29.3 Å². The lowest BCUT2D eigenvalue weighted by molar-refractivity contribution is 0.125. The van der Waals surface area contributed by atoms with E-state index < -0.39 is 0 Å². The molecule has 1 fully saturated rings. The first-order valence-electron chi connectivity index (χ1n) is 9.64. The van der Waals surface area contributed by atoms with Gasteiger partial charge in [-0.15, -0.1) is 0 Å². The van der Waals surface area contributed by atoms with Crippen molar-refractivity contribution in [3.63, 3.8) is 0 Å². The van der Waals surface area contributed by atoms with Crippen LogP contribution in [0.3, 0.4) is 0 Å². The van der Waals surface area contributed by atoms with E-state index >= 15 is 0 Å². The second kappa shape index (κ2) is 7.43. The van der Waals surface area contributed by atoms with Gasteiger partial charge in [-0.1, -0.05) is 0 Å². The molecule has 2 aromatic rings. The van der Waals surface area contributed by atoms with E-state index in [4.69, 9.17) is 10.00 Å². The number of piperidine rings is 1. The summed E-state index contributed by atoms with van der Waals surface area (Å²) in [6.07, 6.45) is 4.07. The van der Waals surface area contributed by atoms with E-state index in [1.807, 2.05) is 6.20 Å². The van der Waals surface area contributed by atoms with Crippen LogP contribution in [0.15, 0.2) is 34.9 Å². The smallest absolute Gasteiger partial charge is 0.413 e. The number of aromatic nitrogens is 2. The molecule has 146 valence electrons. The summed E-state index contributed by atoms with van der Waals surface area (Å²) in [5, 5.41) is 9.16. The first-order chi connectivity index (χ1) is 13.6. The number of aromatic amines is 1. The van der Waals surface area contributed by atoms with Crippen LogP contribution in [0.2, 0.25) is 0 Å². The number of nitrogens with one attached hydrogen (secondary N) is 1. The highest BCUT2D eigenvalue weighted by molar-refractivity contribution is 5.77. The summed E-state index contributed by atoms with van der Waals surface area (Å²) in [7, 11) is 0. The van der Waals surface area contributed by atoms with Crippen molar-refractivity contribution in [3.8, 4) is 6.07 Å². The lowest BCUT2D eigenvalue weighted by Gasteiger charge is -2.34. The second-order valence-corrected chi connectivity index (χ2v) is 7.12. The Balaban J connectivity index is 1.48. The van der Waals surface area contributed by atoms with E-state index in [-0.39, 0.29) is 17.8 Å². The molecule has 0 spiro atoms. The van der Waals surface area contributed by atoms with Gasteiger partial charge in [0.2, 0.25) is 0 Å². The van der Waals surface area contributed by atoms with Crippen molar-refractivity contribution in [2.45, 2.75) is 32.2 Å². The summed E-state index contributed by atoms with van der Waals surface area (Å²) < 4.78 is 6.85. The number of amides is 1. The molecule has 3 heterocycles. The largest absolute Gasteiger partial charge is 0.449 e. The maximum Gasteiger partial charge on any atom is 0.413 e. The molecule has 8 heteroatoms.